The minimum absolute atomic E-state index is 0.304. The van der Waals surface area contributed by atoms with Crippen molar-refractivity contribution in [2.24, 2.45) is 0 Å². The fourth-order valence-electron chi connectivity index (χ4n) is 4.22. The van der Waals surface area contributed by atoms with Crippen LogP contribution in [0.5, 0.6) is 0 Å². The van der Waals surface area contributed by atoms with Crippen LogP contribution in [0.1, 0.15) is 33.2 Å². The number of nitriles is 1. The van der Waals surface area contributed by atoms with Gasteiger partial charge < -0.3 is 9.88 Å². The maximum atomic E-state index is 13.7. The van der Waals surface area contributed by atoms with Crippen molar-refractivity contribution in [3.63, 3.8) is 0 Å². The van der Waals surface area contributed by atoms with Crippen molar-refractivity contribution in [1.29, 1.82) is 5.26 Å². The summed E-state index contributed by atoms with van der Waals surface area (Å²) in [7, 11) is 0. The number of fused-ring (bicyclic) bond motifs is 1. The number of amides is 1. The van der Waals surface area contributed by atoms with Crippen LogP contribution in [0, 0.1) is 11.3 Å². The largest absolute Gasteiger partial charge is 0.340 e. The van der Waals surface area contributed by atoms with Crippen LogP contribution < -0.4 is 5.32 Å². The Hall–Kier alpha value is -4.62. The highest BCUT2D eigenvalue weighted by atomic mass is 16.2. The third-order valence-electron chi connectivity index (χ3n) is 5.79. The molecule has 1 N–H and O–H groups in total. The van der Waals surface area contributed by atoms with Gasteiger partial charge in [-0.2, -0.15) is 5.26 Å². The zero-order valence-electron chi connectivity index (χ0n) is 17.8. The van der Waals surface area contributed by atoms with Crippen LogP contribution in [-0.4, -0.2) is 10.5 Å². The van der Waals surface area contributed by atoms with E-state index >= 15 is 0 Å². The molecular formula is C29H21N3O. The van der Waals surface area contributed by atoms with Crippen LogP contribution in [-0.2, 0) is 0 Å². The Labute approximate surface area is 192 Å². The van der Waals surface area contributed by atoms with E-state index in [4.69, 9.17) is 0 Å². The average Bonchev–Trinajstić information content (AvgIpc) is 3.32. The Morgan fingerprint density at radius 2 is 1.36 bits per heavy atom. The molecule has 33 heavy (non-hydrogen) atoms. The first-order valence-electron chi connectivity index (χ1n) is 10.8. The molecule has 0 bridgehead atoms. The van der Waals surface area contributed by atoms with Crippen molar-refractivity contribution >= 4 is 16.7 Å². The molecule has 0 aliphatic rings. The number of aromatic nitrogens is 1. The van der Waals surface area contributed by atoms with E-state index < -0.39 is 0 Å². The fraction of sp³-hybridized carbons (Fsp3) is 0.0345. The van der Waals surface area contributed by atoms with Crippen LogP contribution in [0.25, 0.3) is 16.5 Å². The summed E-state index contributed by atoms with van der Waals surface area (Å²) in [6, 6.07) is 37.2. The van der Waals surface area contributed by atoms with Crippen LogP contribution in [0.2, 0.25) is 0 Å². The molecule has 158 valence electrons. The van der Waals surface area contributed by atoms with Crippen molar-refractivity contribution in [2.45, 2.75) is 6.04 Å². The third kappa shape index (κ3) is 3.88. The highest BCUT2D eigenvalue weighted by molar-refractivity contribution is 5.98. The first-order valence-corrected chi connectivity index (χ1v) is 10.8. The van der Waals surface area contributed by atoms with Crippen LogP contribution in [0.15, 0.2) is 115 Å². The van der Waals surface area contributed by atoms with Gasteiger partial charge in [-0.3, -0.25) is 4.79 Å². The summed E-state index contributed by atoms with van der Waals surface area (Å²) in [4.78, 5) is 13.7. The highest BCUT2D eigenvalue weighted by Crippen LogP contribution is 2.27. The van der Waals surface area contributed by atoms with Gasteiger partial charge in [0.25, 0.3) is 5.91 Å². The Kier molecular flexibility index (Phi) is 5.45. The standard InChI is InChI=1S/C29H21N3O/c30-20-24-18-19-32(26-17-9-15-21-10-7-8-16-25(21)26)28(24)29(33)31-27(22-11-3-1-4-12-22)23-13-5-2-6-14-23/h1-19,27H,(H,31,33). The van der Waals surface area contributed by atoms with Crippen LogP contribution in [0.3, 0.4) is 0 Å². The molecule has 4 nitrogen and oxygen atoms in total. The normalized spacial score (nSPS) is 10.8. The lowest BCUT2D eigenvalue weighted by Crippen LogP contribution is -2.31. The number of benzene rings is 4. The Bertz CT molecular complexity index is 1420. The fourth-order valence-corrected chi connectivity index (χ4v) is 4.22. The predicted molar refractivity (Wildman–Crippen MR) is 130 cm³/mol. The van der Waals surface area contributed by atoms with Gasteiger partial charge in [-0.05, 0) is 28.6 Å². The number of rotatable bonds is 5. The molecule has 0 fully saturated rings. The lowest BCUT2D eigenvalue weighted by molar-refractivity contribution is 0.0936. The van der Waals surface area contributed by atoms with E-state index in [1.165, 1.54) is 0 Å². The molecule has 0 spiro atoms. The summed E-state index contributed by atoms with van der Waals surface area (Å²) in [5.74, 6) is -0.304. The number of hydrogen-bond donors (Lipinski definition) is 1. The summed E-state index contributed by atoms with van der Waals surface area (Å²) >= 11 is 0. The maximum absolute atomic E-state index is 13.7. The smallest absolute Gasteiger partial charge is 0.270 e. The van der Waals surface area contributed by atoms with Crippen LogP contribution >= 0.6 is 0 Å². The summed E-state index contributed by atoms with van der Waals surface area (Å²) in [6.45, 7) is 0. The second kappa shape index (κ2) is 8.86. The van der Waals surface area contributed by atoms with Gasteiger partial charge in [-0.1, -0.05) is 97.1 Å². The number of carbonyl (C=O) groups excluding carboxylic acids is 1. The van der Waals surface area contributed by atoms with Crippen molar-refractivity contribution < 1.29 is 4.79 Å². The molecular weight excluding hydrogens is 406 g/mol. The van der Waals surface area contributed by atoms with Gasteiger partial charge in [0.15, 0.2) is 0 Å². The minimum Gasteiger partial charge on any atom is -0.340 e. The van der Waals surface area contributed by atoms with Crippen molar-refractivity contribution in [2.75, 3.05) is 0 Å². The molecule has 0 aliphatic heterocycles. The van der Waals surface area contributed by atoms with Gasteiger partial charge >= 0.3 is 0 Å². The molecule has 0 saturated carbocycles. The zero-order chi connectivity index (χ0) is 22.6. The summed E-state index contributed by atoms with van der Waals surface area (Å²) in [6.07, 6.45) is 1.79. The van der Waals surface area contributed by atoms with E-state index in [1.807, 2.05) is 108 Å². The van der Waals surface area contributed by atoms with E-state index in [0.717, 1.165) is 27.6 Å². The molecule has 0 unspecified atom stereocenters. The lowest BCUT2D eigenvalue weighted by atomic mass is 9.98. The highest BCUT2D eigenvalue weighted by Gasteiger charge is 2.23. The van der Waals surface area contributed by atoms with Gasteiger partial charge in [-0.15, -0.1) is 0 Å². The first kappa shape index (κ1) is 20.3. The predicted octanol–water partition coefficient (Wildman–Crippen LogP) is 6.02. The van der Waals surface area contributed by atoms with Crippen molar-refractivity contribution in [1.82, 2.24) is 9.88 Å². The molecule has 5 rings (SSSR count). The van der Waals surface area contributed by atoms with E-state index in [9.17, 15) is 10.1 Å². The van der Waals surface area contributed by atoms with Gasteiger partial charge in [0, 0.05) is 11.6 Å². The monoisotopic (exact) mass is 427 g/mol. The SMILES string of the molecule is N#Cc1ccn(-c2cccc3ccccc23)c1C(=O)NC(c1ccccc1)c1ccccc1. The Balaban J connectivity index is 1.60. The molecule has 1 amide bonds. The van der Waals surface area contributed by atoms with E-state index in [2.05, 4.69) is 11.4 Å². The van der Waals surface area contributed by atoms with Gasteiger partial charge in [0.05, 0.1) is 17.3 Å². The molecule has 0 radical (unpaired) electrons. The number of nitrogens with one attached hydrogen (secondary N) is 1. The second-order valence-electron chi connectivity index (χ2n) is 7.79. The summed E-state index contributed by atoms with van der Waals surface area (Å²) < 4.78 is 1.81. The topological polar surface area (TPSA) is 57.8 Å². The molecule has 4 aromatic carbocycles. The second-order valence-corrected chi connectivity index (χ2v) is 7.79. The Morgan fingerprint density at radius 1 is 0.758 bits per heavy atom. The molecule has 1 aromatic heterocycles. The van der Waals surface area contributed by atoms with Crippen molar-refractivity contribution in [3.05, 3.63) is 138 Å². The van der Waals surface area contributed by atoms with Gasteiger partial charge in [-0.25, -0.2) is 0 Å². The molecule has 0 aliphatic carbocycles. The summed E-state index contributed by atoms with van der Waals surface area (Å²) in [5.41, 5.74) is 3.46. The number of hydrogen-bond acceptors (Lipinski definition) is 2. The quantitative estimate of drug-likeness (QED) is 0.373. The average molecular weight is 428 g/mol. The van der Waals surface area contributed by atoms with Crippen molar-refractivity contribution in [3.8, 4) is 11.8 Å². The lowest BCUT2D eigenvalue weighted by Gasteiger charge is -2.21. The first-order chi connectivity index (χ1) is 16.3. The Morgan fingerprint density at radius 3 is 2.03 bits per heavy atom. The molecule has 5 aromatic rings. The molecule has 1 heterocycles. The number of carbonyl (C=O) groups is 1. The number of nitrogens with zero attached hydrogens (tertiary/aromatic N) is 2. The summed E-state index contributed by atoms with van der Waals surface area (Å²) in [5, 5.41) is 15.0. The zero-order valence-corrected chi connectivity index (χ0v) is 17.8. The van der Waals surface area contributed by atoms with E-state index in [0.29, 0.717) is 11.3 Å². The maximum Gasteiger partial charge on any atom is 0.270 e. The third-order valence-corrected chi connectivity index (χ3v) is 5.79. The minimum atomic E-state index is -0.345. The van der Waals surface area contributed by atoms with Gasteiger partial charge in [0.1, 0.15) is 11.8 Å². The van der Waals surface area contributed by atoms with E-state index in [1.54, 1.807) is 12.3 Å². The van der Waals surface area contributed by atoms with E-state index in [-0.39, 0.29) is 11.9 Å². The molecule has 0 saturated heterocycles. The van der Waals surface area contributed by atoms with Crippen LogP contribution in [0.4, 0.5) is 0 Å². The van der Waals surface area contributed by atoms with Gasteiger partial charge in [0.2, 0.25) is 0 Å². The molecule has 0 atom stereocenters. The molecule has 4 heteroatoms.